The van der Waals surface area contributed by atoms with Gasteiger partial charge in [0.05, 0.1) is 26.7 Å². The van der Waals surface area contributed by atoms with E-state index in [0.717, 1.165) is 0 Å². The minimum Gasteiger partial charge on any atom is -0.497 e. The maximum Gasteiger partial charge on any atom is 0.345 e. The lowest BCUT2D eigenvalue weighted by Crippen LogP contribution is -2.08. The molecule has 0 saturated heterocycles. The molecule has 0 atom stereocenters. The van der Waals surface area contributed by atoms with Crippen LogP contribution in [0.4, 0.5) is 0 Å². The van der Waals surface area contributed by atoms with Gasteiger partial charge in [-0.1, -0.05) is 0 Å². The van der Waals surface area contributed by atoms with E-state index < -0.39 is 11.6 Å². The van der Waals surface area contributed by atoms with E-state index in [1.54, 1.807) is 30.3 Å². The summed E-state index contributed by atoms with van der Waals surface area (Å²) in [6.07, 6.45) is 0. The van der Waals surface area contributed by atoms with Crippen molar-refractivity contribution in [1.82, 2.24) is 0 Å². The van der Waals surface area contributed by atoms with E-state index in [9.17, 15) is 9.59 Å². The third-order valence-corrected chi connectivity index (χ3v) is 3.66. The van der Waals surface area contributed by atoms with Gasteiger partial charge >= 0.3 is 11.6 Å². The molecule has 0 unspecified atom stereocenters. The summed E-state index contributed by atoms with van der Waals surface area (Å²) in [6.45, 7) is 0. The SMILES string of the molecule is COC(=O)c1c(OC)ccc2c1oc(=O)c1cc(OC)ccc12. The highest BCUT2D eigenvalue weighted by Gasteiger charge is 2.21. The molecule has 0 bridgehead atoms. The maximum absolute atomic E-state index is 12.3. The molecule has 0 saturated carbocycles. The Morgan fingerprint density at radius 1 is 0.957 bits per heavy atom. The quantitative estimate of drug-likeness (QED) is 0.420. The molecule has 0 radical (unpaired) electrons. The second-order valence-corrected chi connectivity index (χ2v) is 4.81. The number of esters is 1. The predicted octanol–water partition coefficient (Wildman–Crippen LogP) is 2.75. The van der Waals surface area contributed by atoms with Crippen molar-refractivity contribution in [2.45, 2.75) is 0 Å². The Kier molecular flexibility index (Phi) is 3.65. The number of ether oxygens (including phenoxy) is 3. The van der Waals surface area contributed by atoms with E-state index in [4.69, 9.17) is 18.6 Å². The van der Waals surface area contributed by atoms with Gasteiger partial charge in [0.15, 0.2) is 5.58 Å². The molecule has 0 aliphatic rings. The molecule has 1 heterocycles. The summed E-state index contributed by atoms with van der Waals surface area (Å²) in [4.78, 5) is 24.4. The van der Waals surface area contributed by atoms with E-state index in [1.807, 2.05) is 0 Å². The zero-order chi connectivity index (χ0) is 16.6. The molecular weight excluding hydrogens is 300 g/mol. The third-order valence-electron chi connectivity index (χ3n) is 3.66. The molecule has 0 spiro atoms. The predicted molar refractivity (Wildman–Crippen MR) is 84.4 cm³/mol. The summed E-state index contributed by atoms with van der Waals surface area (Å²) in [5.74, 6) is 0.190. The summed E-state index contributed by atoms with van der Waals surface area (Å²) >= 11 is 0. The zero-order valence-electron chi connectivity index (χ0n) is 12.8. The molecule has 3 aromatic rings. The lowest BCUT2D eigenvalue weighted by atomic mass is 10.0. The van der Waals surface area contributed by atoms with Crippen molar-refractivity contribution in [1.29, 1.82) is 0 Å². The fourth-order valence-corrected chi connectivity index (χ4v) is 2.55. The molecule has 6 heteroatoms. The molecule has 0 aliphatic heterocycles. The van der Waals surface area contributed by atoms with Gasteiger partial charge in [-0.05, 0) is 30.3 Å². The van der Waals surface area contributed by atoms with Gasteiger partial charge in [0, 0.05) is 10.8 Å². The number of hydrogen-bond donors (Lipinski definition) is 0. The van der Waals surface area contributed by atoms with E-state index in [2.05, 4.69) is 0 Å². The maximum atomic E-state index is 12.3. The Balaban J connectivity index is 2.48. The van der Waals surface area contributed by atoms with Crippen LogP contribution < -0.4 is 15.1 Å². The van der Waals surface area contributed by atoms with Crippen molar-refractivity contribution in [3.05, 3.63) is 46.3 Å². The van der Waals surface area contributed by atoms with Gasteiger partial charge in [0.25, 0.3) is 0 Å². The van der Waals surface area contributed by atoms with Gasteiger partial charge < -0.3 is 18.6 Å². The molecular formula is C17H14O6. The van der Waals surface area contributed by atoms with E-state index in [1.165, 1.54) is 21.3 Å². The van der Waals surface area contributed by atoms with Crippen molar-refractivity contribution >= 4 is 27.7 Å². The highest BCUT2D eigenvalue weighted by molar-refractivity contribution is 6.12. The summed E-state index contributed by atoms with van der Waals surface area (Å²) in [7, 11) is 4.20. The Bertz CT molecular complexity index is 970. The molecule has 3 rings (SSSR count). The number of carbonyl (C=O) groups excluding carboxylic acids is 1. The van der Waals surface area contributed by atoms with Crippen molar-refractivity contribution in [2.75, 3.05) is 21.3 Å². The number of benzene rings is 2. The third kappa shape index (κ3) is 2.28. The first-order valence-corrected chi connectivity index (χ1v) is 6.80. The second kappa shape index (κ2) is 5.64. The zero-order valence-corrected chi connectivity index (χ0v) is 12.8. The molecule has 1 aromatic heterocycles. The van der Waals surface area contributed by atoms with Gasteiger partial charge in [-0.15, -0.1) is 0 Å². The minimum atomic E-state index is -0.636. The molecule has 23 heavy (non-hydrogen) atoms. The average molecular weight is 314 g/mol. The van der Waals surface area contributed by atoms with Crippen LogP contribution in [0.5, 0.6) is 11.5 Å². The van der Waals surface area contributed by atoms with E-state index in [-0.39, 0.29) is 16.9 Å². The minimum absolute atomic E-state index is 0.0855. The Labute approximate surface area is 131 Å². The van der Waals surface area contributed by atoms with Gasteiger partial charge in [0.2, 0.25) is 0 Å². The standard InChI is InChI=1S/C17H14O6/c1-20-9-4-5-10-11-6-7-13(21-2)14(17(19)22-3)15(11)23-16(18)12(10)8-9/h4-8H,1-3H3. The van der Waals surface area contributed by atoms with Crippen molar-refractivity contribution in [3.63, 3.8) is 0 Å². The fourth-order valence-electron chi connectivity index (χ4n) is 2.55. The van der Waals surface area contributed by atoms with Crippen molar-refractivity contribution < 1.29 is 23.4 Å². The Morgan fingerprint density at radius 2 is 1.70 bits per heavy atom. The van der Waals surface area contributed by atoms with E-state index in [0.29, 0.717) is 21.9 Å². The Morgan fingerprint density at radius 3 is 2.35 bits per heavy atom. The number of hydrogen-bond acceptors (Lipinski definition) is 6. The van der Waals surface area contributed by atoms with Crippen LogP contribution in [-0.2, 0) is 4.74 Å². The largest absolute Gasteiger partial charge is 0.497 e. The van der Waals surface area contributed by atoms with Gasteiger partial charge in [-0.25, -0.2) is 9.59 Å². The van der Waals surface area contributed by atoms with Gasteiger partial charge in [-0.3, -0.25) is 0 Å². The number of methoxy groups -OCH3 is 3. The summed E-state index contributed by atoms with van der Waals surface area (Å²) in [6, 6.07) is 8.46. The molecule has 6 nitrogen and oxygen atoms in total. The van der Waals surface area contributed by atoms with Crippen LogP contribution in [0.25, 0.3) is 21.7 Å². The van der Waals surface area contributed by atoms with Gasteiger partial charge in [-0.2, -0.15) is 0 Å². The highest BCUT2D eigenvalue weighted by Crippen LogP contribution is 2.32. The summed E-state index contributed by atoms with van der Waals surface area (Å²) < 4.78 is 20.5. The average Bonchev–Trinajstić information content (AvgIpc) is 2.59. The second-order valence-electron chi connectivity index (χ2n) is 4.81. The molecule has 2 aromatic carbocycles. The van der Waals surface area contributed by atoms with Crippen LogP contribution in [0.2, 0.25) is 0 Å². The molecule has 0 aliphatic carbocycles. The smallest absolute Gasteiger partial charge is 0.345 e. The van der Waals surface area contributed by atoms with Crippen LogP contribution in [0.3, 0.4) is 0 Å². The number of rotatable bonds is 3. The Hall–Kier alpha value is -3.02. The van der Waals surface area contributed by atoms with E-state index >= 15 is 0 Å². The normalized spacial score (nSPS) is 10.7. The van der Waals surface area contributed by atoms with Crippen LogP contribution >= 0.6 is 0 Å². The molecule has 0 fully saturated rings. The highest BCUT2D eigenvalue weighted by atomic mass is 16.5. The molecule has 118 valence electrons. The lowest BCUT2D eigenvalue weighted by Gasteiger charge is -2.11. The van der Waals surface area contributed by atoms with Crippen LogP contribution in [0.15, 0.2) is 39.5 Å². The lowest BCUT2D eigenvalue weighted by molar-refractivity contribution is 0.0598. The summed E-state index contributed by atoms with van der Waals surface area (Å²) in [5.41, 5.74) is -0.342. The monoisotopic (exact) mass is 314 g/mol. The molecule has 0 amide bonds. The molecule has 0 N–H and O–H groups in total. The van der Waals surface area contributed by atoms with Crippen LogP contribution in [0.1, 0.15) is 10.4 Å². The first kappa shape index (κ1) is 14.9. The van der Waals surface area contributed by atoms with Gasteiger partial charge in [0.1, 0.15) is 17.1 Å². The van der Waals surface area contributed by atoms with Crippen molar-refractivity contribution in [3.8, 4) is 11.5 Å². The van der Waals surface area contributed by atoms with Crippen LogP contribution in [-0.4, -0.2) is 27.3 Å². The van der Waals surface area contributed by atoms with Crippen LogP contribution in [0, 0.1) is 0 Å². The first-order chi connectivity index (χ1) is 11.1. The fraction of sp³-hybridized carbons (Fsp3) is 0.176. The number of carbonyl (C=O) groups is 1. The van der Waals surface area contributed by atoms with Crippen molar-refractivity contribution in [2.24, 2.45) is 0 Å². The summed E-state index contributed by atoms with van der Waals surface area (Å²) in [5, 5.41) is 1.64. The topological polar surface area (TPSA) is 75.0 Å². The first-order valence-electron chi connectivity index (χ1n) is 6.80. The number of fused-ring (bicyclic) bond motifs is 3.